The van der Waals surface area contributed by atoms with Crippen LogP contribution in [0.5, 0.6) is 5.88 Å². The van der Waals surface area contributed by atoms with Gasteiger partial charge in [0.2, 0.25) is 0 Å². The summed E-state index contributed by atoms with van der Waals surface area (Å²) < 4.78 is 0. The van der Waals surface area contributed by atoms with E-state index in [1.165, 1.54) is 12.4 Å². The number of rotatable bonds is 2. The third kappa shape index (κ3) is 1.41. The van der Waals surface area contributed by atoms with E-state index in [4.69, 9.17) is 11.6 Å². The summed E-state index contributed by atoms with van der Waals surface area (Å²) in [5.74, 6) is 3.99. The molecule has 0 aliphatic heterocycles. The van der Waals surface area contributed by atoms with Gasteiger partial charge in [-0.05, 0) is 0 Å². The van der Waals surface area contributed by atoms with Crippen LogP contribution in [0.1, 0.15) is 10.5 Å². The molecule has 0 saturated carbocycles. The molecule has 4 N–H and O–H groups in total. The number of nitrogens with two attached hydrogens (primary N) is 2. The highest BCUT2D eigenvalue weighted by Crippen LogP contribution is 2.07. The van der Waals surface area contributed by atoms with Crippen molar-refractivity contribution in [2.24, 2.45) is 11.6 Å². The molecule has 0 saturated heterocycles. The minimum atomic E-state index is -0.724. The Morgan fingerprint density at radius 1 is 1.45 bits per heavy atom. The fourth-order valence-electron chi connectivity index (χ4n) is 0.581. The van der Waals surface area contributed by atoms with Crippen molar-refractivity contribution < 1.29 is 9.63 Å². The fourth-order valence-corrected chi connectivity index (χ4v) is 0.581. The van der Waals surface area contributed by atoms with E-state index in [9.17, 15) is 4.79 Å². The fraction of sp³-hybridized carbons (Fsp3) is 0. The first-order valence-electron chi connectivity index (χ1n) is 2.73. The molecule has 0 aliphatic rings. The summed E-state index contributed by atoms with van der Waals surface area (Å²) in [5.41, 5.74) is 4.84. The molecular formula is C5H6N4O2. The highest BCUT2D eigenvalue weighted by Gasteiger charge is 2.10. The number of aromatic nitrogens is 2. The normalized spacial score (nSPS) is 9.18. The molecular weight excluding hydrogens is 148 g/mol. The number of hydrogen-bond donors (Lipinski definition) is 2. The number of amides is 1. The van der Waals surface area contributed by atoms with Crippen molar-refractivity contribution in [2.75, 3.05) is 0 Å². The smallest absolute Gasteiger partial charge is 0.273 e. The molecule has 1 aromatic heterocycles. The van der Waals surface area contributed by atoms with Gasteiger partial charge in [-0.3, -0.25) is 4.79 Å². The van der Waals surface area contributed by atoms with E-state index in [2.05, 4.69) is 14.8 Å². The van der Waals surface area contributed by atoms with Gasteiger partial charge < -0.3 is 10.6 Å². The zero-order chi connectivity index (χ0) is 8.27. The standard InChI is InChI=1S/C5H6N4O2/c6-4(10)3-5(11-7)9-2-1-8-3/h1-2H,7H2,(H2,6,10). The van der Waals surface area contributed by atoms with Crippen molar-refractivity contribution in [3.05, 3.63) is 18.1 Å². The molecule has 1 heterocycles. The van der Waals surface area contributed by atoms with Crippen LogP contribution in [0.25, 0.3) is 0 Å². The van der Waals surface area contributed by atoms with Crippen LogP contribution in [0, 0.1) is 0 Å². The van der Waals surface area contributed by atoms with Gasteiger partial charge in [0.15, 0.2) is 5.69 Å². The first kappa shape index (κ1) is 7.42. The second-order valence-corrected chi connectivity index (χ2v) is 1.69. The Labute approximate surface area is 62.1 Å². The number of nitrogens with zero attached hydrogens (tertiary/aromatic N) is 2. The van der Waals surface area contributed by atoms with Crippen molar-refractivity contribution in [1.82, 2.24) is 9.97 Å². The van der Waals surface area contributed by atoms with Crippen LogP contribution in [-0.2, 0) is 0 Å². The predicted molar refractivity (Wildman–Crippen MR) is 35.4 cm³/mol. The molecule has 0 aliphatic carbocycles. The second kappa shape index (κ2) is 2.93. The van der Waals surface area contributed by atoms with Gasteiger partial charge in [0.05, 0.1) is 0 Å². The molecule has 6 nitrogen and oxygen atoms in total. The molecule has 1 rings (SSSR count). The van der Waals surface area contributed by atoms with Crippen LogP contribution in [0.3, 0.4) is 0 Å². The van der Waals surface area contributed by atoms with Gasteiger partial charge in [-0.1, -0.05) is 0 Å². The summed E-state index contributed by atoms with van der Waals surface area (Å²) in [6.45, 7) is 0. The molecule has 0 fully saturated rings. The van der Waals surface area contributed by atoms with Gasteiger partial charge in [-0.2, -0.15) is 5.90 Å². The Kier molecular flexibility index (Phi) is 1.98. The minimum absolute atomic E-state index is 0.0694. The molecule has 0 spiro atoms. The molecule has 58 valence electrons. The van der Waals surface area contributed by atoms with E-state index in [-0.39, 0.29) is 11.6 Å². The summed E-state index contributed by atoms with van der Waals surface area (Å²) in [5, 5.41) is 0. The van der Waals surface area contributed by atoms with Gasteiger partial charge in [0.25, 0.3) is 11.8 Å². The Bertz CT molecular complexity index is 275. The largest absolute Gasteiger partial charge is 0.389 e. The van der Waals surface area contributed by atoms with E-state index in [1.54, 1.807) is 0 Å². The lowest BCUT2D eigenvalue weighted by Gasteiger charge is -1.99. The summed E-state index contributed by atoms with van der Waals surface area (Å²) in [6, 6.07) is 0. The topological polar surface area (TPSA) is 104 Å². The van der Waals surface area contributed by atoms with E-state index in [1.807, 2.05) is 0 Å². The maximum Gasteiger partial charge on any atom is 0.273 e. The van der Waals surface area contributed by atoms with Crippen molar-refractivity contribution in [3.63, 3.8) is 0 Å². The molecule has 0 atom stereocenters. The monoisotopic (exact) mass is 154 g/mol. The molecule has 1 amide bonds. The Hall–Kier alpha value is -1.69. The Balaban J connectivity index is 3.12. The maximum atomic E-state index is 10.6. The lowest BCUT2D eigenvalue weighted by molar-refractivity contribution is 0.0990. The number of hydrogen-bond acceptors (Lipinski definition) is 5. The van der Waals surface area contributed by atoms with Crippen LogP contribution in [0.4, 0.5) is 0 Å². The lowest BCUT2D eigenvalue weighted by Crippen LogP contribution is -2.17. The number of carbonyl (C=O) groups excluding carboxylic acids is 1. The number of carbonyl (C=O) groups is 1. The first-order valence-corrected chi connectivity index (χ1v) is 2.73. The molecule has 11 heavy (non-hydrogen) atoms. The van der Waals surface area contributed by atoms with Gasteiger partial charge in [-0.15, -0.1) is 0 Å². The molecule has 0 radical (unpaired) electrons. The third-order valence-corrected chi connectivity index (χ3v) is 1.01. The van der Waals surface area contributed by atoms with Crippen molar-refractivity contribution in [2.45, 2.75) is 0 Å². The van der Waals surface area contributed by atoms with Crippen molar-refractivity contribution in [1.29, 1.82) is 0 Å². The van der Waals surface area contributed by atoms with Crippen LogP contribution in [0.2, 0.25) is 0 Å². The average Bonchev–Trinajstić information content (AvgIpc) is 2.04. The van der Waals surface area contributed by atoms with E-state index >= 15 is 0 Å². The van der Waals surface area contributed by atoms with Gasteiger partial charge in [-0.25, -0.2) is 9.97 Å². The van der Waals surface area contributed by atoms with Gasteiger partial charge >= 0.3 is 0 Å². The molecule has 1 aromatic rings. The SMILES string of the molecule is NOc1nccnc1C(N)=O. The molecule has 0 aromatic carbocycles. The summed E-state index contributed by atoms with van der Waals surface area (Å²) in [7, 11) is 0. The van der Waals surface area contributed by atoms with E-state index < -0.39 is 5.91 Å². The van der Waals surface area contributed by atoms with Crippen LogP contribution < -0.4 is 16.5 Å². The Morgan fingerprint density at radius 3 is 2.55 bits per heavy atom. The summed E-state index contributed by atoms with van der Waals surface area (Å²) in [4.78, 5) is 22.0. The van der Waals surface area contributed by atoms with Crippen molar-refractivity contribution in [3.8, 4) is 5.88 Å². The minimum Gasteiger partial charge on any atom is -0.389 e. The van der Waals surface area contributed by atoms with E-state index in [0.29, 0.717) is 0 Å². The van der Waals surface area contributed by atoms with Crippen LogP contribution in [0.15, 0.2) is 12.4 Å². The lowest BCUT2D eigenvalue weighted by atomic mass is 10.4. The molecule has 6 heteroatoms. The molecule has 0 bridgehead atoms. The summed E-state index contributed by atoms with van der Waals surface area (Å²) in [6.07, 6.45) is 2.66. The third-order valence-electron chi connectivity index (χ3n) is 1.01. The van der Waals surface area contributed by atoms with Gasteiger partial charge in [0.1, 0.15) is 0 Å². The highest BCUT2D eigenvalue weighted by atomic mass is 16.6. The maximum absolute atomic E-state index is 10.6. The van der Waals surface area contributed by atoms with Gasteiger partial charge in [0, 0.05) is 12.4 Å². The second-order valence-electron chi connectivity index (χ2n) is 1.69. The van der Waals surface area contributed by atoms with Crippen LogP contribution in [-0.4, -0.2) is 15.9 Å². The number of primary amides is 1. The molecule has 0 unspecified atom stereocenters. The quantitative estimate of drug-likeness (QED) is 0.522. The van der Waals surface area contributed by atoms with Crippen LogP contribution >= 0.6 is 0 Å². The summed E-state index contributed by atoms with van der Waals surface area (Å²) >= 11 is 0. The highest BCUT2D eigenvalue weighted by molar-refractivity contribution is 5.92. The zero-order valence-corrected chi connectivity index (χ0v) is 5.52. The first-order chi connectivity index (χ1) is 5.25. The average molecular weight is 154 g/mol. The Morgan fingerprint density at radius 2 is 2.09 bits per heavy atom. The van der Waals surface area contributed by atoms with Crippen molar-refractivity contribution >= 4 is 5.91 Å². The van der Waals surface area contributed by atoms with E-state index in [0.717, 1.165) is 0 Å². The predicted octanol–water partition coefficient (Wildman–Crippen LogP) is -1.17. The zero-order valence-electron chi connectivity index (χ0n) is 5.52.